The molecular weight excluding hydrogens is 348 g/mol. The molecule has 4 nitrogen and oxygen atoms in total. The Hall–Kier alpha value is -0.240. The summed E-state index contributed by atoms with van der Waals surface area (Å²) >= 11 is 4.98. The number of nitrogens with zero attached hydrogens (tertiary/aromatic N) is 1. The van der Waals surface area contributed by atoms with Gasteiger partial charge in [-0.2, -0.15) is 16.1 Å². The Balaban J connectivity index is 3.02. The standard InChI is InChI=1S/C12H19BrN2O2S2/c1-9(6-7-18-3)15(2)19(16,17)12-5-4-10(13)8-11(12)14/h4-5,8-9H,6-7,14H2,1-3H3. The third kappa shape index (κ3) is 4.11. The van der Waals surface area contributed by atoms with Gasteiger partial charge in [-0.3, -0.25) is 0 Å². The fourth-order valence-electron chi connectivity index (χ4n) is 1.62. The minimum Gasteiger partial charge on any atom is -0.398 e. The number of nitrogens with two attached hydrogens (primary N) is 1. The summed E-state index contributed by atoms with van der Waals surface area (Å²) in [6, 6.07) is 4.77. The average molecular weight is 367 g/mol. The normalized spacial score (nSPS) is 13.7. The van der Waals surface area contributed by atoms with Crippen molar-refractivity contribution in [1.29, 1.82) is 0 Å². The lowest BCUT2D eigenvalue weighted by atomic mass is 10.3. The number of benzene rings is 1. The first-order valence-electron chi connectivity index (χ1n) is 5.82. The van der Waals surface area contributed by atoms with Crippen molar-refractivity contribution in [3.05, 3.63) is 22.7 Å². The summed E-state index contributed by atoms with van der Waals surface area (Å²) < 4.78 is 27.1. The molecule has 0 aliphatic heterocycles. The van der Waals surface area contributed by atoms with Crippen LogP contribution in [0, 0.1) is 0 Å². The third-order valence-electron chi connectivity index (χ3n) is 2.99. The van der Waals surface area contributed by atoms with E-state index < -0.39 is 10.0 Å². The van der Waals surface area contributed by atoms with Crippen LogP contribution in [0.2, 0.25) is 0 Å². The summed E-state index contributed by atoms with van der Waals surface area (Å²) in [7, 11) is -1.94. The zero-order valence-corrected chi connectivity index (χ0v) is 14.5. The molecule has 1 rings (SSSR count). The van der Waals surface area contributed by atoms with Crippen molar-refractivity contribution in [2.75, 3.05) is 24.8 Å². The second-order valence-electron chi connectivity index (χ2n) is 4.33. The van der Waals surface area contributed by atoms with Crippen molar-refractivity contribution in [2.45, 2.75) is 24.3 Å². The van der Waals surface area contributed by atoms with Crippen molar-refractivity contribution >= 4 is 43.4 Å². The van der Waals surface area contributed by atoms with E-state index in [2.05, 4.69) is 15.9 Å². The molecule has 0 aromatic heterocycles. The van der Waals surface area contributed by atoms with E-state index in [1.165, 1.54) is 10.4 Å². The van der Waals surface area contributed by atoms with Crippen molar-refractivity contribution < 1.29 is 8.42 Å². The summed E-state index contributed by atoms with van der Waals surface area (Å²) in [6.07, 6.45) is 2.82. The number of halogens is 1. The van der Waals surface area contributed by atoms with Gasteiger partial charge in [0.2, 0.25) is 10.0 Å². The SMILES string of the molecule is CSCCC(C)N(C)S(=O)(=O)c1ccc(Br)cc1N. The Labute approximate surface area is 127 Å². The topological polar surface area (TPSA) is 63.4 Å². The van der Waals surface area contributed by atoms with E-state index in [0.717, 1.165) is 16.6 Å². The smallest absolute Gasteiger partial charge is 0.245 e. The maximum absolute atomic E-state index is 12.5. The van der Waals surface area contributed by atoms with Gasteiger partial charge in [0.15, 0.2) is 0 Å². The Kier molecular flexibility index (Phi) is 6.16. The molecule has 1 aromatic carbocycles. The van der Waals surface area contributed by atoms with Gasteiger partial charge in [-0.25, -0.2) is 8.42 Å². The van der Waals surface area contributed by atoms with Gasteiger partial charge < -0.3 is 5.73 Å². The average Bonchev–Trinajstić information content (AvgIpc) is 2.34. The highest BCUT2D eigenvalue weighted by Crippen LogP contribution is 2.26. The second-order valence-corrected chi connectivity index (χ2v) is 8.20. The highest BCUT2D eigenvalue weighted by Gasteiger charge is 2.26. The number of thioether (sulfide) groups is 1. The van der Waals surface area contributed by atoms with Gasteiger partial charge in [-0.05, 0) is 43.6 Å². The van der Waals surface area contributed by atoms with Crippen molar-refractivity contribution in [1.82, 2.24) is 4.31 Å². The Morgan fingerprint density at radius 3 is 2.63 bits per heavy atom. The molecule has 0 fully saturated rings. The first kappa shape index (κ1) is 16.8. The van der Waals surface area contributed by atoms with Gasteiger partial charge in [0, 0.05) is 17.6 Å². The minimum absolute atomic E-state index is 0.0551. The summed E-state index contributed by atoms with van der Waals surface area (Å²) in [5.74, 6) is 0.927. The molecule has 0 bridgehead atoms. The van der Waals surface area contributed by atoms with Crippen LogP contribution in [0.15, 0.2) is 27.6 Å². The van der Waals surface area contributed by atoms with Crippen LogP contribution in [0.4, 0.5) is 5.69 Å². The summed E-state index contributed by atoms with van der Waals surface area (Å²) in [5, 5.41) is 0. The van der Waals surface area contributed by atoms with Gasteiger partial charge in [-0.1, -0.05) is 15.9 Å². The molecule has 0 saturated carbocycles. The first-order chi connectivity index (χ1) is 8.80. The molecule has 1 atom stereocenters. The van der Waals surface area contributed by atoms with Crippen LogP contribution in [-0.2, 0) is 10.0 Å². The quantitative estimate of drug-likeness (QED) is 0.786. The number of nitrogen functional groups attached to an aromatic ring is 1. The summed E-state index contributed by atoms with van der Waals surface area (Å²) in [5.41, 5.74) is 6.07. The molecule has 0 saturated heterocycles. The van der Waals surface area contributed by atoms with E-state index in [-0.39, 0.29) is 16.6 Å². The number of hydrogen-bond donors (Lipinski definition) is 1. The summed E-state index contributed by atoms with van der Waals surface area (Å²) in [6.45, 7) is 1.91. The highest BCUT2D eigenvalue weighted by atomic mass is 79.9. The molecule has 108 valence electrons. The largest absolute Gasteiger partial charge is 0.398 e. The highest BCUT2D eigenvalue weighted by molar-refractivity contribution is 9.10. The maximum atomic E-state index is 12.5. The lowest BCUT2D eigenvalue weighted by Crippen LogP contribution is -2.35. The Morgan fingerprint density at radius 1 is 1.47 bits per heavy atom. The van der Waals surface area contributed by atoms with Crippen LogP contribution < -0.4 is 5.73 Å². The van der Waals surface area contributed by atoms with Gasteiger partial charge in [-0.15, -0.1) is 0 Å². The zero-order chi connectivity index (χ0) is 14.6. The van der Waals surface area contributed by atoms with Crippen LogP contribution in [0.1, 0.15) is 13.3 Å². The van der Waals surface area contributed by atoms with E-state index in [1.54, 1.807) is 30.9 Å². The third-order valence-corrected chi connectivity index (χ3v) is 6.17. The zero-order valence-electron chi connectivity index (χ0n) is 11.3. The van der Waals surface area contributed by atoms with Crippen LogP contribution >= 0.6 is 27.7 Å². The lowest BCUT2D eigenvalue weighted by molar-refractivity contribution is 0.382. The van der Waals surface area contributed by atoms with Crippen LogP contribution in [-0.4, -0.2) is 37.8 Å². The molecule has 0 spiro atoms. The number of sulfonamides is 1. The fourth-order valence-corrected chi connectivity index (χ4v) is 4.06. The van der Waals surface area contributed by atoms with E-state index in [0.29, 0.717) is 0 Å². The van der Waals surface area contributed by atoms with Gasteiger partial charge in [0.05, 0.1) is 5.69 Å². The molecule has 1 unspecified atom stereocenters. The van der Waals surface area contributed by atoms with Crippen LogP contribution in [0.25, 0.3) is 0 Å². The molecule has 2 N–H and O–H groups in total. The minimum atomic E-state index is -3.54. The molecule has 0 aliphatic carbocycles. The lowest BCUT2D eigenvalue weighted by Gasteiger charge is -2.24. The Bertz CT molecular complexity index is 535. The van der Waals surface area contributed by atoms with Crippen LogP contribution in [0.3, 0.4) is 0 Å². The van der Waals surface area contributed by atoms with Crippen LogP contribution in [0.5, 0.6) is 0 Å². The molecule has 0 radical (unpaired) electrons. The second kappa shape index (κ2) is 6.97. The van der Waals surface area contributed by atoms with E-state index in [4.69, 9.17) is 5.73 Å². The predicted octanol–water partition coefficient (Wildman–Crippen LogP) is 2.79. The van der Waals surface area contributed by atoms with E-state index in [9.17, 15) is 8.42 Å². The summed E-state index contributed by atoms with van der Waals surface area (Å²) in [4.78, 5) is 0.161. The molecular formula is C12H19BrN2O2S2. The molecule has 0 amide bonds. The molecule has 1 aromatic rings. The van der Waals surface area contributed by atoms with Crippen molar-refractivity contribution in [3.8, 4) is 0 Å². The van der Waals surface area contributed by atoms with Gasteiger partial charge in [0.25, 0.3) is 0 Å². The Morgan fingerprint density at radius 2 is 2.11 bits per heavy atom. The number of hydrogen-bond acceptors (Lipinski definition) is 4. The van der Waals surface area contributed by atoms with Crippen molar-refractivity contribution in [2.24, 2.45) is 0 Å². The predicted molar refractivity (Wildman–Crippen MR) is 86.0 cm³/mol. The monoisotopic (exact) mass is 366 g/mol. The van der Waals surface area contributed by atoms with Crippen molar-refractivity contribution in [3.63, 3.8) is 0 Å². The molecule has 0 aliphatic rings. The molecule has 0 heterocycles. The van der Waals surface area contributed by atoms with Gasteiger partial charge >= 0.3 is 0 Å². The number of rotatable bonds is 6. The van der Waals surface area contributed by atoms with E-state index >= 15 is 0 Å². The maximum Gasteiger partial charge on any atom is 0.245 e. The fraction of sp³-hybridized carbons (Fsp3) is 0.500. The first-order valence-corrected chi connectivity index (χ1v) is 9.45. The molecule has 19 heavy (non-hydrogen) atoms. The van der Waals surface area contributed by atoms with Gasteiger partial charge in [0.1, 0.15) is 4.90 Å². The van der Waals surface area contributed by atoms with E-state index in [1.807, 2.05) is 13.2 Å². The number of anilines is 1. The molecule has 7 heteroatoms.